The fraction of sp³-hybridized carbons (Fsp3) is 0.467. The molecular weight excluding hydrogens is 272 g/mol. The predicted molar refractivity (Wildman–Crippen MR) is 79.1 cm³/mol. The zero-order chi connectivity index (χ0) is 15.5. The number of nitrogens with zero attached hydrogens (tertiary/aromatic N) is 2. The smallest absolute Gasteiger partial charge is 0.210 e. The second-order valence-electron chi connectivity index (χ2n) is 4.68. The summed E-state index contributed by atoms with van der Waals surface area (Å²) in [7, 11) is 1.94. The largest absolute Gasteiger partial charge is 0.491 e. The van der Waals surface area contributed by atoms with E-state index >= 15 is 0 Å². The van der Waals surface area contributed by atoms with Gasteiger partial charge in [-0.15, -0.1) is 0 Å². The highest BCUT2D eigenvalue weighted by atomic mass is 16.5. The number of amides is 1. The van der Waals surface area contributed by atoms with Crippen molar-refractivity contribution in [2.24, 2.45) is 0 Å². The minimum Gasteiger partial charge on any atom is -0.491 e. The molecule has 0 saturated heterocycles. The summed E-state index contributed by atoms with van der Waals surface area (Å²) in [6, 6.07) is 7.64. The summed E-state index contributed by atoms with van der Waals surface area (Å²) < 4.78 is 5.48. The van der Waals surface area contributed by atoms with Crippen molar-refractivity contribution in [2.45, 2.75) is 6.54 Å². The number of likely N-dealkylation sites (N-methyl/N-ethyl adjacent to an activating group) is 1. The summed E-state index contributed by atoms with van der Waals surface area (Å²) in [5.41, 5.74) is 1.02. The van der Waals surface area contributed by atoms with Crippen molar-refractivity contribution in [2.75, 3.05) is 39.9 Å². The van der Waals surface area contributed by atoms with Crippen LogP contribution in [0.3, 0.4) is 0 Å². The van der Waals surface area contributed by atoms with Crippen LogP contribution in [0, 0.1) is 0 Å². The zero-order valence-electron chi connectivity index (χ0n) is 12.3. The number of para-hydroxylation sites is 1. The summed E-state index contributed by atoms with van der Waals surface area (Å²) in [6.45, 7) is 2.17. The topological polar surface area (TPSA) is 70.1 Å². The van der Waals surface area contributed by atoms with E-state index in [9.17, 15) is 9.59 Å². The molecular formula is C15H22N2O4. The zero-order valence-corrected chi connectivity index (χ0v) is 12.3. The highest BCUT2D eigenvalue weighted by Gasteiger charge is 2.08. The Morgan fingerprint density at radius 1 is 1.24 bits per heavy atom. The van der Waals surface area contributed by atoms with Gasteiger partial charge in [0.05, 0.1) is 13.2 Å². The normalized spacial score (nSPS) is 10.4. The van der Waals surface area contributed by atoms with E-state index in [0.717, 1.165) is 11.3 Å². The van der Waals surface area contributed by atoms with Gasteiger partial charge in [0, 0.05) is 25.2 Å². The van der Waals surface area contributed by atoms with Crippen molar-refractivity contribution >= 4 is 12.7 Å². The van der Waals surface area contributed by atoms with Crippen molar-refractivity contribution in [3.05, 3.63) is 29.8 Å². The lowest BCUT2D eigenvalue weighted by Gasteiger charge is -2.22. The summed E-state index contributed by atoms with van der Waals surface area (Å²) in [5.74, 6) is 0.749. The molecule has 0 aromatic heterocycles. The average molecular weight is 294 g/mol. The lowest BCUT2D eigenvalue weighted by atomic mass is 10.2. The molecule has 1 rings (SSSR count). The third-order valence-corrected chi connectivity index (χ3v) is 2.99. The number of carbonyl (C=O) groups is 2. The molecule has 0 atom stereocenters. The van der Waals surface area contributed by atoms with Crippen LogP contribution in [0.5, 0.6) is 5.75 Å². The Balaban J connectivity index is 2.51. The number of aldehydes is 1. The molecule has 1 N–H and O–H groups in total. The molecule has 0 aliphatic rings. The van der Waals surface area contributed by atoms with Crippen LogP contribution in [-0.4, -0.2) is 67.5 Å². The predicted octanol–water partition coefficient (Wildman–Crippen LogP) is 0.147. The van der Waals surface area contributed by atoms with E-state index in [1.807, 2.05) is 36.2 Å². The van der Waals surface area contributed by atoms with Crippen molar-refractivity contribution in [1.82, 2.24) is 9.80 Å². The molecule has 1 amide bonds. The summed E-state index contributed by atoms with van der Waals surface area (Å²) in [6.07, 6.45) is 1.40. The second kappa shape index (κ2) is 9.90. The molecule has 0 aliphatic carbocycles. The van der Waals surface area contributed by atoms with E-state index in [0.29, 0.717) is 32.3 Å². The minimum absolute atomic E-state index is 0.0236. The first-order valence-corrected chi connectivity index (χ1v) is 6.84. The molecule has 1 aromatic carbocycles. The molecule has 0 fully saturated rings. The third-order valence-electron chi connectivity index (χ3n) is 2.99. The number of ether oxygens (including phenoxy) is 1. The highest BCUT2D eigenvalue weighted by molar-refractivity contribution is 5.59. The molecule has 0 bridgehead atoms. The third kappa shape index (κ3) is 6.37. The monoisotopic (exact) mass is 294 g/mol. The molecule has 6 nitrogen and oxygen atoms in total. The van der Waals surface area contributed by atoms with Crippen LogP contribution >= 0.6 is 0 Å². The van der Waals surface area contributed by atoms with Crippen molar-refractivity contribution in [3.63, 3.8) is 0 Å². The fourth-order valence-corrected chi connectivity index (χ4v) is 1.88. The summed E-state index contributed by atoms with van der Waals surface area (Å²) in [5, 5.41) is 8.82. The van der Waals surface area contributed by atoms with E-state index in [1.165, 1.54) is 4.90 Å². The lowest BCUT2D eigenvalue weighted by molar-refractivity contribution is -0.121. The Hall–Kier alpha value is -1.92. The molecule has 116 valence electrons. The van der Waals surface area contributed by atoms with E-state index < -0.39 is 0 Å². The Morgan fingerprint density at radius 2 is 2.00 bits per heavy atom. The van der Waals surface area contributed by atoms with E-state index in [-0.39, 0.29) is 19.8 Å². The van der Waals surface area contributed by atoms with E-state index in [4.69, 9.17) is 9.84 Å². The van der Waals surface area contributed by atoms with Gasteiger partial charge in [-0.05, 0) is 13.1 Å². The molecule has 0 saturated carbocycles. The summed E-state index contributed by atoms with van der Waals surface area (Å²) in [4.78, 5) is 24.6. The molecule has 0 spiro atoms. The van der Waals surface area contributed by atoms with Gasteiger partial charge in [-0.2, -0.15) is 0 Å². The van der Waals surface area contributed by atoms with Crippen LogP contribution < -0.4 is 4.74 Å². The van der Waals surface area contributed by atoms with Gasteiger partial charge >= 0.3 is 0 Å². The van der Waals surface area contributed by atoms with Crippen LogP contribution in [-0.2, 0) is 16.1 Å². The number of carbonyl (C=O) groups excluding carboxylic acids is 2. The standard InChI is InChI=1S/C15H22N2O4/c1-16(6-7-17(13-20)8-9-18)12-14-4-2-3-5-15(14)21-11-10-19/h2-5,9,13,19H,6-8,10-12H2,1H3. The number of hydrogen-bond donors (Lipinski definition) is 1. The van der Waals surface area contributed by atoms with Gasteiger partial charge < -0.3 is 24.4 Å². The SMILES string of the molecule is CN(CCN(C=O)CC=O)Cc1ccccc1OCCO. The van der Waals surface area contributed by atoms with E-state index in [1.54, 1.807) is 0 Å². The Labute approximate surface area is 124 Å². The van der Waals surface area contributed by atoms with Gasteiger partial charge in [-0.25, -0.2) is 0 Å². The lowest BCUT2D eigenvalue weighted by Crippen LogP contribution is -2.33. The molecule has 21 heavy (non-hydrogen) atoms. The number of aliphatic hydroxyl groups is 1. The second-order valence-corrected chi connectivity index (χ2v) is 4.68. The first-order valence-electron chi connectivity index (χ1n) is 6.84. The quantitative estimate of drug-likeness (QED) is 0.588. The Kier molecular flexibility index (Phi) is 8.08. The van der Waals surface area contributed by atoms with Gasteiger partial charge in [0.25, 0.3) is 0 Å². The van der Waals surface area contributed by atoms with Crippen molar-refractivity contribution in [3.8, 4) is 5.75 Å². The van der Waals surface area contributed by atoms with Gasteiger partial charge in [-0.1, -0.05) is 18.2 Å². The summed E-state index contributed by atoms with van der Waals surface area (Å²) >= 11 is 0. The van der Waals surface area contributed by atoms with Crippen LogP contribution in [0.15, 0.2) is 24.3 Å². The van der Waals surface area contributed by atoms with Crippen LogP contribution in [0.25, 0.3) is 0 Å². The number of hydrogen-bond acceptors (Lipinski definition) is 5. The minimum atomic E-state index is -0.0236. The maximum absolute atomic E-state index is 10.7. The Morgan fingerprint density at radius 3 is 2.67 bits per heavy atom. The van der Waals surface area contributed by atoms with Crippen LogP contribution in [0.2, 0.25) is 0 Å². The number of rotatable bonds is 11. The van der Waals surface area contributed by atoms with Crippen molar-refractivity contribution in [1.29, 1.82) is 0 Å². The van der Waals surface area contributed by atoms with Crippen molar-refractivity contribution < 1.29 is 19.4 Å². The number of benzene rings is 1. The van der Waals surface area contributed by atoms with Gasteiger partial charge in [-0.3, -0.25) is 4.79 Å². The molecule has 0 aliphatic heterocycles. The molecule has 0 unspecified atom stereocenters. The first kappa shape index (κ1) is 17.1. The van der Waals surface area contributed by atoms with Gasteiger partial charge in [0.15, 0.2) is 0 Å². The maximum Gasteiger partial charge on any atom is 0.210 e. The van der Waals surface area contributed by atoms with Gasteiger partial charge in [0.2, 0.25) is 6.41 Å². The van der Waals surface area contributed by atoms with Crippen LogP contribution in [0.4, 0.5) is 0 Å². The molecule has 1 aromatic rings. The Bertz CT molecular complexity index is 439. The van der Waals surface area contributed by atoms with Crippen LogP contribution in [0.1, 0.15) is 5.56 Å². The maximum atomic E-state index is 10.7. The highest BCUT2D eigenvalue weighted by Crippen LogP contribution is 2.19. The molecule has 0 heterocycles. The molecule has 6 heteroatoms. The first-order chi connectivity index (χ1) is 10.2. The van der Waals surface area contributed by atoms with Gasteiger partial charge in [0.1, 0.15) is 18.6 Å². The fourth-order valence-electron chi connectivity index (χ4n) is 1.88. The molecule has 0 radical (unpaired) electrons. The average Bonchev–Trinajstić information content (AvgIpc) is 2.50. The number of aliphatic hydroxyl groups excluding tert-OH is 1. The van der Waals surface area contributed by atoms with E-state index in [2.05, 4.69) is 0 Å².